The summed E-state index contributed by atoms with van der Waals surface area (Å²) >= 11 is 0. The Balaban J connectivity index is 3.14. The van der Waals surface area contributed by atoms with Gasteiger partial charge in [0.05, 0.1) is 11.1 Å². The largest absolute Gasteiger partial charge is 0.574 e. The molecule has 0 radical (unpaired) electrons. The molecule has 0 saturated heterocycles. The van der Waals surface area contributed by atoms with Crippen molar-refractivity contribution in [3.8, 4) is 11.9 Å². The SMILES string of the molecule is N#Cc1cnc(OC(F)(F)F)c(C(F)F)c1. The molecule has 0 unspecified atom stereocenters. The van der Waals surface area contributed by atoms with Crippen LogP contribution in [-0.2, 0) is 0 Å². The molecule has 0 atom stereocenters. The van der Waals surface area contributed by atoms with Crippen LogP contribution in [0.25, 0.3) is 0 Å². The van der Waals surface area contributed by atoms with Gasteiger partial charge < -0.3 is 4.74 Å². The topological polar surface area (TPSA) is 45.9 Å². The van der Waals surface area contributed by atoms with E-state index in [1.807, 2.05) is 0 Å². The third-order valence-corrected chi connectivity index (χ3v) is 1.46. The second-order valence-corrected chi connectivity index (χ2v) is 2.58. The van der Waals surface area contributed by atoms with E-state index >= 15 is 0 Å². The monoisotopic (exact) mass is 238 g/mol. The minimum Gasteiger partial charge on any atom is -0.387 e. The Hall–Kier alpha value is -1.91. The molecule has 3 nitrogen and oxygen atoms in total. The fourth-order valence-corrected chi connectivity index (χ4v) is 0.882. The van der Waals surface area contributed by atoms with Crippen molar-refractivity contribution >= 4 is 0 Å². The van der Waals surface area contributed by atoms with Crippen LogP contribution in [0, 0.1) is 11.3 Å². The van der Waals surface area contributed by atoms with Crippen LogP contribution < -0.4 is 4.74 Å². The van der Waals surface area contributed by atoms with Crippen LogP contribution >= 0.6 is 0 Å². The number of ether oxygens (including phenoxy) is 1. The van der Waals surface area contributed by atoms with Gasteiger partial charge in [0.1, 0.15) is 6.07 Å². The summed E-state index contributed by atoms with van der Waals surface area (Å²) in [5.41, 5.74) is -1.35. The highest BCUT2D eigenvalue weighted by Crippen LogP contribution is 2.31. The molecule has 0 N–H and O–H groups in total. The van der Waals surface area contributed by atoms with Crippen LogP contribution in [0.2, 0.25) is 0 Å². The maximum absolute atomic E-state index is 12.3. The quantitative estimate of drug-likeness (QED) is 0.744. The number of aromatic nitrogens is 1. The molecule has 0 spiro atoms. The summed E-state index contributed by atoms with van der Waals surface area (Å²) in [7, 11) is 0. The van der Waals surface area contributed by atoms with Crippen molar-refractivity contribution in [3.05, 3.63) is 23.4 Å². The molecule has 86 valence electrons. The van der Waals surface area contributed by atoms with Crippen molar-refractivity contribution in [1.29, 1.82) is 5.26 Å². The number of hydrogen-bond acceptors (Lipinski definition) is 3. The van der Waals surface area contributed by atoms with E-state index in [9.17, 15) is 22.0 Å². The van der Waals surface area contributed by atoms with Gasteiger partial charge in [-0.1, -0.05) is 0 Å². The minimum atomic E-state index is -5.11. The van der Waals surface area contributed by atoms with Crippen LogP contribution in [0.5, 0.6) is 5.88 Å². The lowest BCUT2D eigenvalue weighted by Crippen LogP contribution is -2.19. The minimum absolute atomic E-state index is 0.273. The Morgan fingerprint density at radius 3 is 2.44 bits per heavy atom. The number of alkyl halides is 5. The molecule has 0 aliphatic heterocycles. The van der Waals surface area contributed by atoms with Gasteiger partial charge in [0.2, 0.25) is 5.88 Å². The standard InChI is InChI=1S/C8H3F5N2O/c9-6(10)5-1-4(2-14)3-15-7(5)16-8(11,12)13/h1,3,6H. The van der Waals surface area contributed by atoms with Crippen molar-refractivity contribution in [3.63, 3.8) is 0 Å². The van der Waals surface area contributed by atoms with Gasteiger partial charge in [-0.05, 0) is 6.07 Å². The van der Waals surface area contributed by atoms with Crippen LogP contribution in [0.3, 0.4) is 0 Å². The van der Waals surface area contributed by atoms with Gasteiger partial charge in [-0.15, -0.1) is 13.2 Å². The van der Waals surface area contributed by atoms with Crippen LogP contribution in [-0.4, -0.2) is 11.3 Å². The maximum atomic E-state index is 12.3. The van der Waals surface area contributed by atoms with E-state index in [2.05, 4.69) is 9.72 Å². The Bertz CT molecular complexity index is 423. The van der Waals surface area contributed by atoms with Crippen molar-refractivity contribution in [2.45, 2.75) is 12.8 Å². The summed E-state index contributed by atoms with van der Waals surface area (Å²) in [5.74, 6) is -1.25. The molecule has 1 rings (SSSR count). The average Bonchev–Trinajstić information content (AvgIpc) is 2.15. The Labute approximate surface area is 86.1 Å². The summed E-state index contributed by atoms with van der Waals surface area (Å²) in [6, 6.07) is 2.08. The van der Waals surface area contributed by atoms with E-state index in [0.717, 1.165) is 0 Å². The molecule has 1 heterocycles. The number of hydrogen-bond donors (Lipinski definition) is 0. The van der Waals surface area contributed by atoms with Crippen molar-refractivity contribution in [1.82, 2.24) is 4.98 Å². The molecule has 8 heteroatoms. The third-order valence-electron chi connectivity index (χ3n) is 1.46. The first-order chi connectivity index (χ1) is 7.33. The van der Waals surface area contributed by atoms with E-state index < -0.39 is 24.2 Å². The highest BCUT2D eigenvalue weighted by Gasteiger charge is 2.34. The van der Waals surface area contributed by atoms with Crippen LogP contribution in [0.4, 0.5) is 22.0 Å². The van der Waals surface area contributed by atoms with Crippen molar-refractivity contribution in [2.24, 2.45) is 0 Å². The Kier molecular flexibility index (Phi) is 3.27. The normalized spacial score (nSPS) is 11.3. The number of nitrogens with zero attached hydrogens (tertiary/aromatic N) is 2. The molecule has 0 aliphatic carbocycles. The van der Waals surface area contributed by atoms with E-state index in [-0.39, 0.29) is 5.56 Å². The van der Waals surface area contributed by atoms with Gasteiger partial charge >= 0.3 is 6.36 Å². The zero-order valence-corrected chi connectivity index (χ0v) is 7.42. The number of halogens is 5. The van der Waals surface area contributed by atoms with Gasteiger partial charge in [-0.2, -0.15) is 5.26 Å². The highest BCUT2D eigenvalue weighted by atomic mass is 19.4. The molecule has 0 amide bonds. The van der Waals surface area contributed by atoms with Crippen molar-refractivity contribution in [2.75, 3.05) is 0 Å². The summed E-state index contributed by atoms with van der Waals surface area (Å²) in [4.78, 5) is 3.01. The molecular weight excluding hydrogens is 235 g/mol. The van der Waals surface area contributed by atoms with E-state index in [1.54, 1.807) is 0 Å². The lowest BCUT2D eigenvalue weighted by molar-refractivity contribution is -0.276. The van der Waals surface area contributed by atoms with Crippen LogP contribution in [0.15, 0.2) is 12.3 Å². The fraction of sp³-hybridized carbons (Fsp3) is 0.250. The molecule has 1 aromatic heterocycles. The van der Waals surface area contributed by atoms with Crippen molar-refractivity contribution < 1.29 is 26.7 Å². The van der Waals surface area contributed by atoms with E-state index in [0.29, 0.717) is 12.3 Å². The lowest BCUT2D eigenvalue weighted by Gasteiger charge is -2.11. The van der Waals surface area contributed by atoms with Gasteiger partial charge in [0, 0.05) is 6.20 Å². The third kappa shape index (κ3) is 3.05. The second kappa shape index (κ2) is 4.30. The number of pyridine rings is 1. The average molecular weight is 238 g/mol. The highest BCUT2D eigenvalue weighted by molar-refractivity contribution is 5.36. The smallest absolute Gasteiger partial charge is 0.387 e. The first-order valence-electron chi connectivity index (χ1n) is 3.77. The summed E-state index contributed by atoms with van der Waals surface area (Å²) < 4.78 is 63.3. The second-order valence-electron chi connectivity index (χ2n) is 2.58. The summed E-state index contributed by atoms with van der Waals surface area (Å²) in [6.07, 6.45) is -7.60. The van der Waals surface area contributed by atoms with Gasteiger partial charge in [-0.3, -0.25) is 0 Å². The first-order valence-corrected chi connectivity index (χ1v) is 3.77. The zero-order valence-electron chi connectivity index (χ0n) is 7.42. The zero-order chi connectivity index (χ0) is 12.3. The van der Waals surface area contributed by atoms with Crippen LogP contribution in [0.1, 0.15) is 17.6 Å². The predicted molar refractivity (Wildman–Crippen MR) is 40.6 cm³/mol. The molecule has 0 saturated carbocycles. The van der Waals surface area contributed by atoms with Gasteiger partial charge in [-0.25, -0.2) is 13.8 Å². The van der Waals surface area contributed by atoms with E-state index in [4.69, 9.17) is 5.26 Å². The lowest BCUT2D eigenvalue weighted by atomic mass is 10.2. The summed E-state index contributed by atoms with van der Waals surface area (Å²) in [6.45, 7) is 0. The number of nitriles is 1. The summed E-state index contributed by atoms with van der Waals surface area (Å²) in [5, 5.41) is 8.37. The molecule has 0 aliphatic rings. The first kappa shape index (κ1) is 12.2. The maximum Gasteiger partial charge on any atom is 0.574 e. The Morgan fingerprint density at radius 2 is 2.00 bits per heavy atom. The molecule has 0 bridgehead atoms. The molecule has 0 fully saturated rings. The Morgan fingerprint density at radius 1 is 1.38 bits per heavy atom. The van der Waals surface area contributed by atoms with Gasteiger partial charge in [0.15, 0.2) is 0 Å². The molecule has 1 aromatic rings. The van der Waals surface area contributed by atoms with E-state index in [1.165, 1.54) is 6.07 Å². The fourth-order valence-electron chi connectivity index (χ4n) is 0.882. The number of rotatable bonds is 2. The molecule has 16 heavy (non-hydrogen) atoms. The molecular formula is C8H3F5N2O. The molecule has 0 aromatic carbocycles. The van der Waals surface area contributed by atoms with Gasteiger partial charge in [0.25, 0.3) is 6.43 Å². The predicted octanol–water partition coefficient (Wildman–Crippen LogP) is 2.79.